The molecule has 1 heterocycles. The van der Waals surface area contributed by atoms with E-state index in [9.17, 15) is 14.7 Å². The van der Waals surface area contributed by atoms with Crippen LogP contribution in [0.5, 0.6) is 5.75 Å². The van der Waals surface area contributed by atoms with Crippen LogP contribution < -0.4 is 4.90 Å². The van der Waals surface area contributed by atoms with Gasteiger partial charge in [0, 0.05) is 0 Å². The predicted octanol–water partition coefficient (Wildman–Crippen LogP) is 4.40. The number of halogens is 1. The molecule has 2 aromatic carbocycles. The first-order valence-corrected chi connectivity index (χ1v) is 7.99. The Kier molecular flexibility index (Phi) is 4.04. The van der Waals surface area contributed by atoms with Gasteiger partial charge in [0.15, 0.2) is 0 Å². The van der Waals surface area contributed by atoms with Crippen LogP contribution in [-0.2, 0) is 4.79 Å². The number of aromatic hydroxyl groups is 1. The molecule has 0 saturated carbocycles. The van der Waals surface area contributed by atoms with Gasteiger partial charge in [-0.15, -0.1) is 0 Å². The average Bonchev–Trinajstić information content (AvgIpc) is 2.78. The third-order valence-corrected chi connectivity index (χ3v) is 4.58. The minimum absolute atomic E-state index is 0.120. The number of nitrogens with zero attached hydrogens (tertiary/aromatic N) is 1. The molecule has 110 valence electrons. The molecule has 1 aliphatic heterocycles. The number of hydrogen-bond donors (Lipinski definition) is 1. The summed E-state index contributed by atoms with van der Waals surface area (Å²) in [5.41, 5.74) is 1.28. The quantitative estimate of drug-likeness (QED) is 0.790. The summed E-state index contributed by atoms with van der Waals surface area (Å²) >= 11 is 4.12. The number of imide groups is 1. The lowest BCUT2D eigenvalue weighted by Gasteiger charge is -2.11. The van der Waals surface area contributed by atoms with Gasteiger partial charge in [0.05, 0.1) is 15.1 Å². The molecule has 3 rings (SSSR count). The van der Waals surface area contributed by atoms with Crippen molar-refractivity contribution in [2.75, 3.05) is 4.90 Å². The largest absolute Gasteiger partial charge is 0.507 e. The Morgan fingerprint density at radius 1 is 1.09 bits per heavy atom. The molecular formula is C16H10BrNO3S. The SMILES string of the molecule is O=C1S/C(=C\c2ccc(O)c(Br)c2)C(=O)N1c1ccccc1. The van der Waals surface area contributed by atoms with Crippen molar-refractivity contribution in [3.63, 3.8) is 0 Å². The number of hydrogen-bond acceptors (Lipinski definition) is 4. The zero-order valence-electron chi connectivity index (χ0n) is 11.2. The van der Waals surface area contributed by atoms with Crippen LogP contribution in [0.15, 0.2) is 57.9 Å². The molecule has 2 aromatic rings. The van der Waals surface area contributed by atoms with E-state index in [1.54, 1.807) is 42.5 Å². The fourth-order valence-corrected chi connectivity index (χ4v) is 3.27. The zero-order valence-corrected chi connectivity index (χ0v) is 13.6. The lowest BCUT2D eigenvalue weighted by atomic mass is 10.2. The summed E-state index contributed by atoms with van der Waals surface area (Å²) in [6, 6.07) is 13.7. The van der Waals surface area contributed by atoms with E-state index < -0.39 is 0 Å². The van der Waals surface area contributed by atoms with Crippen LogP contribution in [0.1, 0.15) is 5.56 Å². The first-order chi connectivity index (χ1) is 10.6. The van der Waals surface area contributed by atoms with Crippen molar-refractivity contribution in [3.8, 4) is 5.75 Å². The Bertz CT molecular complexity index is 789. The van der Waals surface area contributed by atoms with Crippen molar-refractivity contribution < 1.29 is 14.7 Å². The molecule has 1 aliphatic rings. The summed E-state index contributed by atoms with van der Waals surface area (Å²) in [4.78, 5) is 26.0. The highest BCUT2D eigenvalue weighted by Crippen LogP contribution is 2.36. The molecule has 0 aromatic heterocycles. The molecule has 0 spiro atoms. The Hall–Kier alpha value is -2.05. The number of rotatable bonds is 2. The van der Waals surface area contributed by atoms with E-state index in [0.29, 0.717) is 15.1 Å². The predicted molar refractivity (Wildman–Crippen MR) is 90.7 cm³/mol. The minimum atomic E-state index is -0.342. The molecule has 0 bridgehead atoms. The average molecular weight is 376 g/mol. The van der Waals surface area contributed by atoms with Gasteiger partial charge in [-0.05, 0) is 63.6 Å². The third kappa shape index (κ3) is 2.80. The van der Waals surface area contributed by atoms with Gasteiger partial charge in [-0.1, -0.05) is 24.3 Å². The Morgan fingerprint density at radius 3 is 2.50 bits per heavy atom. The highest BCUT2D eigenvalue weighted by molar-refractivity contribution is 9.10. The van der Waals surface area contributed by atoms with Crippen LogP contribution in [0.2, 0.25) is 0 Å². The first kappa shape index (κ1) is 14.9. The zero-order chi connectivity index (χ0) is 15.7. The Labute approximate surface area is 139 Å². The van der Waals surface area contributed by atoms with E-state index in [2.05, 4.69) is 15.9 Å². The van der Waals surface area contributed by atoms with E-state index in [1.165, 1.54) is 6.07 Å². The summed E-state index contributed by atoms with van der Waals surface area (Å²) in [5.74, 6) is -0.222. The molecule has 0 radical (unpaired) electrons. The van der Waals surface area contributed by atoms with E-state index in [-0.39, 0.29) is 16.9 Å². The van der Waals surface area contributed by atoms with E-state index >= 15 is 0 Å². The minimum Gasteiger partial charge on any atom is -0.507 e. The number of carbonyl (C=O) groups is 2. The van der Waals surface area contributed by atoms with Crippen LogP contribution in [0.4, 0.5) is 10.5 Å². The molecule has 0 unspecified atom stereocenters. The van der Waals surface area contributed by atoms with Gasteiger partial charge in [-0.2, -0.15) is 0 Å². The number of benzene rings is 2. The monoisotopic (exact) mass is 375 g/mol. The van der Waals surface area contributed by atoms with E-state index in [4.69, 9.17) is 0 Å². The molecule has 4 nitrogen and oxygen atoms in total. The second kappa shape index (κ2) is 5.98. The van der Waals surface area contributed by atoms with Crippen molar-refractivity contribution in [2.45, 2.75) is 0 Å². The normalized spacial score (nSPS) is 16.6. The van der Waals surface area contributed by atoms with Gasteiger partial charge in [0.1, 0.15) is 5.75 Å². The Balaban J connectivity index is 1.93. The van der Waals surface area contributed by atoms with Gasteiger partial charge in [0.2, 0.25) is 0 Å². The summed E-state index contributed by atoms with van der Waals surface area (Å²) in [7, 11) is 0. The number of anilines is 1. The maximum Gasteiger partial charge on any atom is 0.298 e. The second-order valence-corrected chi connectivity index (χ2v) is 6.41. The molecule has 0 atom stereocenters. The van der Waals surface area contributed by atoms with E-state index in [1.807, 2.05) is 6.07 Å². The van der Waals surface area contributed by atoms with Gasteiger partial charge >= 0.3 is 0 Å². The van der Waals surface area contributed by atoms with Gasteiger partial charge in [0.25, 0.3) is 11.1 Å². The van der Waals surface area contributed by atoms with Crippen molar-refractivity contribution >= 4 is 50.6 Å². The van der Waals surface area contributed by atoms with Crippen molar-refractivity contribution in [2.24, 2.45) is 0 Å². The topological polar surface area (TPSA) is 57.6 Å². The van der Waals surface area contributed by atoms with Crippen LogP contribution in [0, 0.1) is 0 Å². The lowest BCUT2D eigenvalue weighted by molar-refractivity contribution is -0.113. The maximum atomic E-state index is 12.4. The number of amides is 2. The fourth-order valence-electron chi connectivity index (χ4n) is 2.03. The lowest BCUT2D eigenvalue weighted by Crippen LogP contribution is -2.27. The maximum absolute atomic E-state index is 12.4. The standard InChI is InChI=1S/C16H10BrNO3S/c17-12-8-10(6-7-13(12)19)9-14-15(20)18(16(21)22-14)11-4-2-1-3-5-11/h1-9,19H/b14-9-. The second-order valence-electron chi connectivity index (χ2n) is 4.56. The number of carbonyl (C=O) groups excluding carboxylic acids is 2. The summed E-state index contributed by atoms with van der Waals surface area (Å²) in [6.07, 6.45) is 1.64. The van der Waals surface area contributed by atoms with Crippen molar-refractivity contribution in [1.29, 1.82) is 0 Å². The molecule has 1 fully saturated rings. The van der Waals surface area contributed by atoms with Gasteiger partial charge in [-0.25, -0.2) is 4.90 Å². The molecular weight excluding hydrogens is 366 g/mol. The number of para-hydroxylation sites is 1. The fraction of sp³-hybridized carbons (Fsp3) is 0. The molecule has 1 saturated heterocycles. The number of thioether (sulfide) groups is 1. The van der Waals surface area contributed by atoms with Crippen molar-refractivity contribution in [3.05, 3.63) is 63.5 Å². The molecule has 0 aliphatic carbocycles. The highest BCUT2D eigenvalue weighted by atomic mass is 79.9. The molecule has 2 amide bonds. The smallest absolute Gasteiger partial charge is 0.298 e. The number of phenols is 1. The van der Waals surface area contributed by atoms with E-state index in [0.717, 1.165) is 22.2 Å². The van der Waals surface area contributed by atoms with Crippen LogP contribution in [0.25, 0.3) is 6.08 Å². The Morgan fingerprint density at radius 2 is 1.82 bits per heavy atom. The third-order valence-electron chi connectivity index (χ3n) is 3.08. The summed E-state index contributed by atoms with van der Waals surface area (Å²) in [6.45, 7) is 0. The molecule has 22 heavy (non-hydrogen) atoms. The molecule has 6 heteroatoms. The first-order valence-electron chi connectivity index (χ1n) is 6.38. The van der Waals surface area contributed by atoms with Crippen molar-refractivity contribution in [1.82, 2.24) is 0 Å². The van der Waals surface area contributed by atoms with Gasteiger partial charge < -0.3 is 5.11 Å². The highest BCUT2D eigenvalue weighted by Gasteiger charge is 2.36. The number of phenolic OH excluding ortho intramolecular Hbond substituents is 1. The molecule has 1 N–H and O–H groups in total. The van der Waals surface area contributed by atoms with Crippen LogP contribution in [0.3, 0.4) is 0 Å². The summed E-state index contributed by atoms with van der Waals surface area (Å²) < 4.78 is 0.531. The van der Waals surface area contributed by atoms with Crippen LogP contribution >= 0.6 is 27.7 Å². The van der Waals surface area contributed by atoms with Crippen LogP contribution in [-0.4, -0.2) is 16.3 Å². The van der Waals surface area contributed by atoms with Gasteiger partial charge in [-0.3, -0.25) is 9.59 Å². The summed E-state index contributed by atoms with van der Waals surface area (Å²) in [5, 5.41) is 9.17.